The quantitative estimate of drug-likeness (QED) is 0.547. The van der Waals surface area contributed by atoms with Gasteiger partial charge < -0.3 is 10.0 Å². The van der Waals surface area contributed by atoms with Gasteiger partial charge in [0.15, 0.2) is 0 Å². The number of anilines is 1. The Labute approximate surface area is 156 Å². The second-order valence-corrected chi connectivity index (χ2v) is 6.43. The number of rotatable bonds is 7. The number of nitrogens with zero attached hydrogens (tertiary/aromatic N) is 2. The number of hydrogen-bond donors (Lipinski definition) is 2. The van der Waals surface area contributed by atoms with Gasteiger partial charge in [-0.25, -0.2) is 5.43 Å². The Balaban J connectivity index is 1.95. The average Bonchev–Trinajstić information content (AvgIpc) is 2.60. The van der Waals surface area contributed by atoms with Crippen molar-refractivity contribution in [2.24, 2.45) is 5.10 Å². The van der Waals surface area contributed by atoms with Gasteiger partial charge in [-0.15, -0.1) is 0 Å². The van der Waals surface area contributed by atoms with Crippen LogP contribution in [0.3, 0.4) is 0 Å². The molecule has 0 bridgehead atoms. The molecule has 0 spiro atoms. The van der Waals surface area contributed by atoms with Crippen LogP contribution in [0.5, 0.6) is 5.75 Å². The third kappa shape index (κ3) is 5.60. The molecule has 0 fully saturated rings. The standard InChI is InChI=1S/C19H22BrN3O2/c1-3-23(4-2)17-10-7-15(18(24)12-17)13-21-22-19(25)11-14-5-8-16(20)9-6-14/h5-10,12-13,24H,3-4,11H2,1-2H3,(H,22,25)/b21-13-. The molecule has 132 valence electrons. The number of halogens is 1. The van der Waals surface area contributed by atoms with Crippen LogP contribution in [-0.4, -0.2) is 30.3 Å². The van der Waals surface area contributed by atoms with Gasteiger partial charge in [0.2, 0.25) is 5.91 Å². The fraction of sp³-hybridized carbons (Fsp3) is 0.263. The van der Waals surface area contributed by atoms with E-state index in [1.165, 1.54) is 6.21 Å². The highest BCUT2D eigenvalue weighted by atomic mass is 79.9. The largest absolute Gasteiger partial charge is 0.507 e. The third-order valence-corrected chi connectivity index (χ3v) is 4.34. The maximum Gasteiger partial charge on any atom is 0.244 e. The zero-order chi connectivity index (χ0) is 18.2. The van der Waals surface area contributed by atoms with Crippen molar-refractivity contribution in [1.82, 2.24) is 5.43 Å². The van der Waals surface area contributed by atoms with Crippen molar-refractivity contribution in [3.63, 3.8) is 0 Å². The second kappa shape index (κ2) is 9.22. The Kier molecular flexibility index (Phi) is 7.01. The van der Waals surface area contributed by atoms with Gasteiger partial charge in [0.25, 0.3) is 0 Å². The Bertz CT molecular complexity index is 741. The summed E-state index contributed by atoms with van der Waals surface area (Å²) >= 11 is 3.36. The van der Waals surface area contributed by atoms with Crippen molar-refractivity contribution in [2.45, 2.75) is 20.3 Å². The van der Waals surface area contributed by atoms with E-state index in [-0.39, 0.29) is 18.1 Å². The summed E-state index contributed by atoms with van der Waals surface area (Å²) in [5.74, 6) is -0.0758. The van der Waals surface area contributed by atoms with Gasteiger partial charge in [0.1, 0.15) is 5.75 Å². The van der Waals surface area contributed by atoms with Crippen LogP contribution in [0, 0.1) is 0 Å². The van der Waals surface area contributed by atoms with Crippen LogP contribution in [0.4, 0.5) is 5.69 Å². The number of carbonyl (C=O) groups excluding carboxylic acids is 1. The number of phenols is 1. The van der Waals surface area contributed by atoms with Gasteiger partial charge in [0.05, 0.1) is 12.6 Å². The van der Waals surface area contributed by atoms with Gasteiger partial charge in [-0.1, -0.05) is 28.1 Å². The van der Waals surface area contributed by atoms with Gasteiger partial charge in [-0.05, 0) is 43.7 Å². The molecular weight excluding hydrogens is 382 g/mol. The van der Waals surface area contributed by atoms with E-state index in [0.717, 1.165) is 28.8 Å². The Hall–Kier alpha value is -2.34. The molecule has 1 amide bonds. The van der Waals surface area contributed by atoms with E-state index in [2.05, 4.69) is 45.2 Å². The molecule has 5 nitrogen and oxygen atoms in total. The minimum Gasteiger partial charge on any atom is -0.507 e. The highest BCUT2D eigenvalue weighted by molar-refractivity contribution is 9.10. The van der Waals surface area contributed by atoms with Crippen molar-refractivity contribution in [2.75, 3.05) is 18.0 Å². The van der Waals surface area contributed by atoms with Gasteiger partial charge in [-0.2, -0.15) is 5.10 Å². The normalized spacial score (nSPS) is 10.8. The van der Waals surface area contributed by atoms with Crippen LogP contribution in [0.25, 0.3) is 0 Å². The van der Waals surface area contributed by atoms with Crippen LogP contribution >= 0.6 is 15.9 Å². The summed E-state index contributed by atoms with van der Waals surface area (Å²) in [6.45, 7) is 5.87. The molecule has 0 saturated heterocycles. The number of hydrogen-bond acceptors (Lipinski definition) is 4. The first-order chi connectivity index (χ1) is 12.0. The highest BCUT2D eigenvalue weighted by Crippen LogP contribution is 2.23. The molecule has 2 N–H and O–H groups in total. The number of nitrogens with one attached hydrogen (secondary N) is 1. The number of benzene rings is 2. The zero-order valence-corrected chi connectivity index (χ0v) is 16.0. The molecule has 0 aliphatic carbocycles. The minimum absolute atomic E-state index is 0.135. The minimum atomic E-state index is -0.210. The topological polar surface area (TPSA) is 64.9 Å². The van der Waals surface area contributed by atoms with Crippen molar-refractivity contribution < 1.29 is 9.90 Å². The second-order valence-electron chi connectivity index (χ2n) is 5.51. The number of hydrazone groups is 1. The first kappa shape index (κ1) is 19.0. The lowest BCUT2D eigenvalue weighted by Gasteiger charge is -2.21. The third-order valence-electron chi connectivity index (χ3n) is 3.81. The Morgan fingerprint density at radius 1 is 1.20 bits per heavy atom. The van der Waals surface area contributed by atoms with Gasteiger partial charge >= 0.3 is 0 Å². The van der Waals surface area contributed by atoms with Crippen LogP contribution in [0.1, 0.15) is 25.0 Å². The summed E-state index contributed by atoms with van der Waals surface area (Å²) in [5.41, 5.74) is 4.90. The van der Waals surface area contributed by atoms with Crippen molar-refractivity contribution >= 4 is 33.7 Å². The molecule has 0 aliphatic heterocycles. The molecule has 2 rings (SSSR count). The molecule has 0 unspecified atom stereocenters. The van der Waals surface area contributed by atoms with Crippen LogP contribution < -0.4 is 10.3 Å². The van der Waals surface area contributed by atoms with Crippen molar-refractivity contribution in [3.8, 4) is 5.75 Å². The monoisotopic (exact) mass is 403 g/mol. The number of carbonyl (C=O) groups is 1. The molecule has 0 aromatic heterocycles. The van der Waals surface area contributed by atoms with Gasteiger partial charge in [0, 0.05) is 34.9 Å². The van der Waals surface area contributed by atoms with Crippen LogP contribution in [-0.2, 0) is 11.2 Å². The van der Waals surface area contributed by atoms with E-state index in [9.17, 15) is 9.90 Å². The zero-order valence-electron chi connectivity index (χ0n) is 14.4. The first-order valence-electron chi connectivity index (χ1n) is 8.17. The summed E-state index contributed by atoms with van der Waals surface area (Å²) in [6.07, 6.45) is 1.69. The molecule has 6 heteroatoms. The molecule has 0 aliphatic rings. The highest BCUT2D eigenvalue weighted by Gasteiger charge is 2.06. The molecule has 0 saturated carbocycles. The van der Waals surface area contributed by atoms with Crippen LogP contribution in [0.2, 0.25) is 0 Å². The van der Waals surface area contributed by atoms with E-state index >= 15 is 0 Å². The van der Waals surface area contributed by atoms with E-state index in [1.54, 1.807) is 12.1 Å². The van der Waals surface area contributed by atoms with E-state index < -0.39 is 0 Å². The first-order valence-corrected chi connectivity index (χ1v) is 8.97. The van der Waals surface area contributed by atoms with Gasteiger partial charge in [-0.3, -0.25) is 4.79 Å². The fourth-order valence-electron chi connectivity index (χ4n) is 2.43. The van der Waals surface area contributed by atoms with Crippen LogP contribution in [0.15, 0.2) is 52.0 Å². The van der Waals surface area contributed by atoms with E-state index in [4.69, 9.17) is 0 Å². The predicted octanol–water partition coefficient (Wildman–Crippen LogP) is 3.69. The summed E-state index contributed by atoms with van der Waals surface area (Å²) in [6, 6.07) is 13.0. The van der Waals surface area contributed by atoms with E-state index in [1.807, 2.05) is 30.3 Å². The van der Waals surface area contributed by atoms with E-state index in [0.29, 0.717) is 5.56 Å². The molecule has 0 heterocycles. The molecule has 0 radical (unpaired) electrons. The summed E-state index contributed by atoms with van der Waals surface area (Å²) < 4.78 is 0.971. The molecule has 25 heavy (non-hydrogen) atoms. The lowest BCUT2D eigenvalue weighted by molar-refractivity contribution is -0.120. The smallest absolute Gasteiger partial charge is 0.244 e. The molecule has 2 aromatic carbocycles. The fourth-order valence-corrected chi connectivity index (χ4v) is 2.69. The van der Waals surface area contributed by atoms with Crippen molar-refractivity contribution in [1.29, 1.82) is 0 Å². The molecule has 0 atom stereocenters. The summed E-state index contributed by atoms with van der Waals surface area (Å²) in [4.78, 5) is 14.0. The number of amides is 1. The summed E-state index contributed by atoms with van der Waals surface area (Å²) in [5, 5.41) is 14.0. The average molecular weight is 404 g/mol. The lowest BCUT2D eigenvalue weighted by atomic mass is 10.1. The maximum absolute atomic E-state index is 11.9. The predicted molar refractivity (Wildman–Crippen MR) is 105 cm³/mol. The summed E-state index contributed by atoms with van der Waals surface area (Å²) in [7, 11) is 0. The molecular formula is C19H22BrN3O2. The number of aromatic hydroxyl groups is 1. The Morgan fingerprint density at radius 3 is 2.48 bits per heavy atom. The van der Waals surface area contributed by atoms with Crippen molar-refractivity contribution in [3.05, 3.63) is 58.1 Å². The lowest BCUT2D eigenvalue weighted by Crippen LogP contribution is -2.21. The Morgan fingerprint density at radius 2 is 1.88 bits per heavy atom. The maximum atomic E-state index is 11.9. The number of phenolic OH excluding ortho intramolecular Hbond substituents is 1. The molecule has 2 aromatic rings. The SMILES string of the molecule is CCN(CC)c1ccc(/C=N\NC(=O)Cc2ccc(Br)cc2)c(O)c1.